The van der Waals surface area contributed by atoms with Gasteiger partial charge in [0.15, 0.2) is 0 Å². The number of carbonyl (C=O) groups excluding carboxylic acids is 1. The van der Waals surface area contributed by atoms with Crippen LogP contribution in [0.15, 0.2) is 65.3 Å². The molecule has 2 heterocycles. The zero-order chi connectivity index (χ0) is 16.7. The molecule has 0 N–H and O–H groups in total. The minimum Gasteiger partial charge on any atom is -0.267 e. The van der Waals surface area contributed by atoms with Crippen molar-refractivity contribution in [1.82, 2.24) is 0 Å². The molecule has 1 aliphatic rings. The third kappa shape index (κ3) is 2.55. The van der Waals surface area contributed by atoms with Gasteiger partial charge in [-0.2, -0.15) is 10.1 Å². The molecule has 0 fully saturated rings. The fourth-order valence-electron chi connectivity index (χ4n) is 2.84. The molecule has 4 rings (SSSR count). The van der Waals surface area contributed by atoms with Crippen LogP contribution in [0.2, 0.25) is 0 Å². The van der Waals surface area contributed by atoms with Crippen LogP contribution >= 0.6 is 11.3 Å². The van der Waals surface area contributed by atoms with E-state index >= 15 is 0 Å². The first kappa shape index (κ1) is 14.8. The number of hydrogen-bond acceptors (Lipinski definition) is 3. The monoisotopic (exact) mass is 332 g/mol. The predicted molar refractivity (Wildman–Crippen MR) is 102 cm³/mol. The maximum Gasteiger partial charge on any atom is 0.280 e. The van der Waals surface area contributed by atoms with E-state index in [2.05, 4.69) is 24.2 Å². The third-order valence-electron chi connectivity index (χ3n) is 4.09. The van der Waals surface area contributed by atoms with Crippen molar-refractivity contribution in [3.05, 3.63) is 69.9 Å². The standard InChI is InChI=1S/C20H16N2OS/c1-13-7-10-18(24-13)12-19-14(2)21-22(20(19)23)17-9-8-15-5-3-4-6-16(15)11-17/h3-12H,1-2H3. The molecule has 0 saturated heterocycles. The summed E-state index contributed by atoms with van der Waals surface area (Å²) in [4.78, 5) is 15.1. The lowest BCUT2D eigenvalue weighted by molar-refractivity contribution is -0.114. The van der Waals surface area contributed by atoms with Crippen molar-refractivity contribution in [2.45, 2.75) is 13.8 Å². The molecule has 0 radical (unpaired) electrons. The van der Waals surface area contributed by atoms with Crippen LogP contribution in [0.3, 0.4) is 0 Å². The second-order valence-corrected chi connectivity index (χ2v) is 7.16. The number of hydrogen-bond donors (Lipinski definition) is 0. The highest BCUT2D eigenvalue weighted by molar-refractivity contribution is 7.12. The van der Waals surface area contributed by atoms with Crippen molar-refractivity contribution in [3.8, 4) is 0 Å². The molecular weight excluding hydrogens is 316 g/mol. The lowest BCUT2D eigenvalue weighted by atomic mass is 10.1. The number of hydrazone groups is 1. The average Bonchev–Trinajstić information content (AvgIpc) is 3.12. The summed E-state index contributed by atoms with van der Waals surface area (Å²) in [5.74, 6) is -0.0752. The lowest BCUT2D eigenvalue weighted by Crippen LogP contribution is -2.21. The van der Waals surface area contributed by atoms with Crippen molar-refractivity contribution in [1.29, 1.82) is 0 Å². The van der Waals surface area contributed by atoms with E-state index in [0.29, 0.717) is 5.57 Å². The third-order valence-corrected chi connectivity index (χ3v) is 5.04. The molecule has 3 aromatic rings. The van der Waals surface area contributed by atoms with Gasteiger partial charge in [-0.3, -0.25) is 4.79 Å². The second-order valence-electron chi connectivity index (χ2n) is 5.84. The molecule has 0 aliphatic carbocycles. The zero-order valence-electron chi connectivity index (χ0n) is 13.5. The van der Waals surface area contributed by atoms with Gasteiger partial charge in [-0.25, -0.2) is 0 Å². The molecule has 118 valence electrons. The molecule has 0 unspecified atom stereocenters. The van der Waals surface area contributed by atoms with Crippen LogP contribution in [0.1, 0.15) is 16.7 Å². The Bertz CT molecular complexity index is 1010. The van der Waals surface area contributed by atoms with Crippen molar-refractivity contribution in [3.63, 3.8) is 0 Å². The molecule has 0 atom stereocenters. The Kier molecular flexibility index (Phi) is 3.54. The molecule has 0 bridgehead atoms. The van der Waals surface area contributed by atoms with Gasteiger partial charge in [0.1, 0.15) is 0 Å². The van der Waals surface area contributed by atoms with Crippen LogP contribution in [0.25, 0.3) is 16.8 Å². The van der Waals surface area contributed by atoms with Gasteiger partial charge in [0, 0.05) is 9.75 Å². The summed E-state index contributed by atoms with van der Waals surface area (Å²) in [6.45, 7) is 3.94. The van der Waals surface area contributed by atoms with Crippen LogP contribution in [0, 0.1) is 6.92 Å². The smallest absolute Gasteiger partial charge is 0.267 e. The molecule has 3 nitrogen and oxygen atoms in total. The Labute approximate surface area is 144 Å². The quantitative estimate of drug-likeness (QED) is 0.607. The van der Waals surface area contributed by atoms with E-state index in [9.17, 15) is 4.79 Å². The Morgan fingerprint density at radius 1 is 1.00 bits per heavy atom. The van der Waals surface area contributed by atoms with Gasteiger partial charge in [-0.1, -0.05) is 30.3 Å². The summed E-state index contributed by atoms with van der Waals surface area (Å²) >= 11 is 1.68. The summed E-state index contributed by atoms with van der Waals surface area (Å²) in [5.41, 5.74) is 2.20. The number of fused-ring (bicyclic) bond motifs is 1. The van der Waals surface area contributed by atoms with Crippen molar-refractivity contribution < 1.29 is 4.79 Å². The fourth-order valence-corrected chi connectivity index (χ4v) is 3.66. The molecule has 0 saturated carbocycles. The topological polar surface area (TPSA) is 32.7 Å². The van der Waals surface area contributed by atoms with Crippen LogP contribution in [0.5, 0.6) is 0 Å². The number of anilines is 1. The largest absolute Gasteiger partial charge is 0.280 e. The van der Waals surface area contributed by atoms with E-state index in [0.717, 1.165) is 27.0 Å². The molecule has 24 heavy (non-hydrogen) atoms. The fraction of sp³-hybridized carbons (Fsp3) is 0.100. The van der Waals surface area contributed by atoms with Gasteiger partial charge in [-0.15, -0.1) is 11.3 Å². The van der Waals surface area contributed by atoms with Crippen molar-refractivity contribution in [2.75, 3.05) is 5.01 Å². The van der Waals surface area contributed by atoms with Gasteiger partial charge >= 0.3 is 0 Å². The molecule has 1 amide bonds. The first-order chi connectivity index (χ1) is 11.6. The predicted octanol–water partition coefficient (Wildman–Crippen LogP) is 5.02. The number of nitrogens with zero attached hydrogens (tertiary/aromatic N) is 2. The van der Waals surface area contributed by atoms with Crippen LogP contribution in [-0.2, 0) is 4.79 Å². The highest BCUT2D eigenvalue weighted by atomic mass is 32.1. The summed E-state index contributed by atoms with van der Waals surface area (Å²) in [6, 6.07) is 18.2. The number of carbonyl (C=O) groups is 1. The molecule has 4 heteroatoms. The van der Waals surface area contributed by atoms with Crippen LogP contribution in [-0.4, -0.2) is 11.6 Å². The van der Waals surface area contributed by atoms with E-state index in [-0.39, 0.29) is 5.91 Å². The van der Waals surface area contributed by atoms with Gasteiger partial charge in [0.2, 0.25) is 0 Å². The van der Waals surface area contributed by atoms with Gasteiger partial charge in [0.05, 0.1) is 17.0 Å². The molecule has 1 aromatic heterocycles. The molecule has 0 spiro atoms. The Balaban J connectivity index is 1.72. The van der Waals surface area contributed by atoms with E-state index < -0.39 is 0 Å². The van der Waals surface area contributed by atoms with Crippen molar-refractivity contribution >= 4 is 45.5 Å². The first-order valence-corrected chi connectivity index (χ1v) is 8.60. The number of rotatable bonds is 2. The molecule has 1 aliphatic heterocycles. The van der Waals surface area contributed by atoms with E-state index in [4.69, 9.17) is 0 Å². The summed E-state index contributed by atoms with van der Waals surface area (Å²) < 4.78 is 0. The van der Waals surface area contributed by atoms with E-state index in [1.165, 1.54) is 9.89 Å². The van der Waals surface area contributed by atoms with Gasteiger partial charge in [0.25, 0.3) is 5.91 Å². The van der Waals surface area contributed by atoms with Crippen LogP contribution in [0.4, 0.5) is 5.69 Å². The maximum atomic E-state index is 12.8. The Morgan fingerprint density at radius 3 is 2.54 bits per heavy atom. The number of amides is 1. The highest BCUT2D eigenvalue weighted by Gasteiger charge is 2.28. The van der Waals surface area contributed by atoms with E-state index in [1.54, 1.807) is 11.3 Å². The summed E-state index contributed by atoms with van der Waals surface area (Å²) in [5, 5.41) is 8.21. The molecule has 2 aromatic carbocycles. The second kappa shape index (κ2) is 5.73. The van der Waals surface area contributed by atoms with Crippen LogP contribution < -0.4 is 5.01 Å². The maximum absolute atomic E-state index is 12.8. The molecular formula is C20H16N2OS. The minimum atomic E-state index is -0.0752. The minimum absolute atomic E-state index is 0.0752. The van der Waals surface area contributed by atoms with E-state index in [1.807, 2.05) is 55.5 Å². The number of thiophene rings is 1. The first-order valence-electron chi connectivity index (χ1n) is 7.79. The summed E-state index contributed by atoms with van der Waals surface area (Å²) in [6.07, 6.45) is 1.93. The highest BCUT2D eigenvalue weighted by Crippen LogP contribution is 2.29. The normalized spacial score (nSPS) is 16.2. The van der Waals surface area contributed by atoms with Gasteiger partial charge in [-0.05, 0) is 55.0 Å². The van der Waals surface area contributed by atoms with Gasteiger partial charge < -0.3 is 0 Å². The lowest BCUT2D eigenvalue weighted by Gasteiger charge is -2.12. The van der Waals surface area contributed by atoms with Crippen molar-refractivity contribution in [2.24, 2.45) is 5.10 Å². The Hall–Kier alpha value is -2.72. The SMILES string of the molecule is CC1=NN(c2ccc3ccccc3c2)C(=O)C1=Cc1ccc(C)s1. The number of aryl methyl sites for hydroxylation is 1. The summed E-state index contributed by atoms with van der Waals surface area (Å²) in [7, 11) is 0. The zero-order valence-corrected chi connectivity index (χ0v) is 14.3. The Morgan fingerprint density at radius 2 is 1.79 bits per heavy atom. The average molecular weight is 332 g/mol. The number of benzene rings is 2.